The molecule has 1 aliphatic heterocycles. The normalized spacial score (nSPS) is 23.4. The summed E-state index contributed by atoms with van der Waals surface area (Å²) in [5.41, 5.74) is 4.69. The second-order valence-electron chi connectivity index (χ2n) is 9.27. The third-order valence-electron chi connectivity index (χ3n) is 7.25. The molecule has 0 radical (unpaired) electrons. The lowest BCUT2D eigenvalue weighted by molar-refractivity contribution is -0.254. The fourth-order valence-electron chi connectivity index (χ4n) is 5.79. The van der Waals surface area contributed by atoms with Gasteiger partial charge in [0, 0.05) is 21.5 Å². The maximum Gasteiger partial charge on any atom is 0.161 e. The predicted octanol–water partition coefficient (Wildman–Crippen LogP) is 7.42. The summed E-state index contributed by atoms with van der Waals surface area (Å²) in [6.07, 6.45) is -0.714. The average molecular weight is 447 g/mol. The number of benzene rings is 4. The Balaban J connectivity index is 1.36. The van der Waals surface area contributed by atoms with Crippen LogP contribution in [0.15, 0.2) is 97.1 Å². The highest BCUT2D eigenvalue weighted by Gasteiger charge is 2.38. The summed E-state index contributed by atoms with van der Waals surface area (Å²) in [7, 11) is 0. The molecule has 1 aliphatic rings. The lowest BCUT2D eigenvalue weighted by Crippen LogP contribution is -2.42. The van der Waals surface area contributed by atoms with E-state index in [-0.39, 0.29) is 24.7 Å². The van der Waals surface area contributed by atoms with Crippen molar-refractivity contribution in [3.63, 3.8) is 0 Å². The first-order chi connectivity index (χ1) is 16.7. The van der Waals surface area contributed by atoms with Gasteiger partial charge in [-0.25, -0.2) is 0 Å². The van der Waals surface area contributed by atoms with Gasteiger partial charge < -0.3 is 18.6 Å². The highest BCUT2D eigenvalue weighted by molar-refractivity contribution is 6.09. The number of para-hydroxylation sites is 4. The molecule has 7 rings (SSSR count). The average Bonchev–Trinajstić information content (AvgIpc) is 3.39. The molecule has 0 unspecified atom stereocenters. The molecule has 0 N–H and O–H groups in total. The van der Waals surface area contributed by atoms with E-state index in [1.54, 1.807) is 0 Å². The molecule has 168 valence electrons. The van der Waals surface area contributed by atoms with Crippen LogP contribution in [0.5, 0.6) is 0 Å². The Bertz CT molecular complexity index is 1450. The van der Waals surface area contributed by atoms with Crippen LogP contribution in [-0.2, 0) is 9.47 Å². The van der Waals surface area contributed by atoms with Crippen molar-refractivity contribution in [2.75, 3.05) is 0 Å². The van der Waals surface area contributed by atoms with Crippen LogP contribution >= 0.6 is 0 Å². The van der Waals surface area contributed by atoms with E-state index >= 15 is 0 Å². The van der Waals surface area contributed by atoms with Crippen molar-refractivity contribution in [1.82, 2.24) is 9.13 Å². The van der Waals surface area contributed by atoms with Gasteiger partial charge in [0.25, 0.3) is 0 Å². The molecule has 0 saturated carbocycles. The number of hydrogen-bond acceptors (Lipinski definition) is 2. The zero-order valence-corrected chi connectivity index (χ0v) is 19.3. The number of ether oxygens (including phenoxy) is 2. The van der Waals surface area contributed by atoms with Crippen molar-refractivity contribution in [2.45, 2.75) is 38.5 Å². The lowest BCUT2D eigenvalue weighted by Gasteiger charge is -2.41. The molecule has 4 heteroatoms. The minimum absolute atomic E-state index is 0.139. The van der Waals surface area contributed by atoms with E-state index in [9.17, 15) is 0 Å². The Labute approximate surface area is 197 Å². The Morgan fingerprint density at radius 3 is 1.00 bits per heavy atom. The van der Waals surface area contributed by atoms with Gasteiger partial charge in [0.15, 0.2) is 12.5 Å². The molecule has 34 heavy (non-hydrogen) atoms. The molecule has 1 fully saturated rings. The van der Waals surface area contributed by atoms with E-state index in [1.165, 1.54) is 43.6 Å². The zero-order chi connectivity index (χ0) is 22.8. The van der Waals surface area contributed by atoms with Gasteiger partial charge in [-0.2, -0.15) is 0 Å². The molecule has 6 aromatic rings. The molecule has 3 heterocycles. The molecule has 4 aromatic carbocycles. The molecule has 2 aromatic heterocycles. The number of nitrogens with zero attached hydrogens (tertiary/aromatic N) is 2. The number of fused-ring (bicyclic) bond motifs is 6. The maximum atomic E-state index is 6.81. The van der Waals surface area contributed by atoms with Gasteiger partial charge in [-0.1, -0.05) is 72.8 Å². The molecule has 1 saturated heterocycles. The van der Waals surface area contributed by atoms with Crippen LogP contribution in [0.2, 0.25) is 0 Å². The summed E-state index contributed by atoms with van der Waals surface area (Å²) in [4.78, 5) is 0. The molecule has 0 spiro atoms. The van der Waals surface area contributed by atoms with Crippen molar-refractivity contribution in [2.24, 2.45) is 0 Å². The van der Waals surface area contributed by atoms with Crippen LogP contribution in [-0.4, -0.2) is 21.3 Å². The largest absolute Gasteiger partial charge is 0.348 e. The Morgan fingerprint density at radius 1 is 0.441 bits per heavy atom. The topological polar surface area (TPSA) is 28.3 Å². The summed E-state index contributed by atoms with van der Waals surface area (Å²) in [6, 6.07) is 34.2. The summed E-state index contributed by atoms with van der Waals surface area (Å²) < 4.78 is 18.2. The quantitative estimate of drug-likeness (QED) is 0.277. The van der Waals surface area contributed by atoms with Crippen LogP contribution in [0, 0.1) is 0 Å². The summed E-state index contributed by atoms with van der Waals surface area (Å²) in [5.74, 6) is 0. The van der Waals surface area contributed by atoms with Crippen molar-refractivity contribution in [3.8, 4) is 0 Å². The van der Waals surface area contributed by atoms with Crippen LogP contribution < -0.4 is 0 Å². The fourth-order valence-corrected chi connectivity index (χ4v) is 5.79. The first kappa shape index (κ1) is 19.8. The standard InChI is InChI=1S/C30H26N2O2/c1-19-29(31-25-15-7-3-11-21(25)22-12-4-8-16-26(22)31)34-20(2)30(33-19)32-27-17-9-5-13-23(27)24-14-6-10-18-28(24)32/h3-20,29-30H,1-2H3/t19-,20+,29+,30-. The van der Waals surface area contributed by atoms with Crippen LogP contribution in [0.3, 0.4) is 0 Å². The summed E-state index contributed by atoms with van der Waals surface area (Å²) >= 11 is 0. The van der Waals surface area contributed by atoms with Crippen molar-refractivity contribution in [3.05, 3.63) is 97.1 Å². The number of rotatable bonds is 2. The van der Waals surface area contributed by atoms with Gasteiger partial charge in [-0.05, 0) is 38.1 Å². The Kier molecular flexibility index (Phi) is 4.35. The number of hydrogen-bond donors (Lipinski definition) is 0. The Hall–Kier alpha value is -3.60. The smallest absolute Gasteiger partial charge is 0.161 e. The summed E-state index contributed by atoms with van der Waals surface area (Å²) in [5, 5.41) is 4.97. The minimum atomic E-state index is -0.218. The van der Waals surface area contributed by atoms with Gasteiger partial charge in [0.1, 0.15) is 12.2 Å². The first-order valence-electron chi connectivity index (χ1n) is 12.0. The van der Waals surface area contributed by atoms with Gasteiger partial charge >= 0.3 is 0 Å². The Morgan fingerprint density at radius 2 is 0.706 bits per heavy atom. The molecule has 4 nitrogen and oxygen atoms in total. The second kappa shape index (κ2) is 7.45. The summed E-state index contributed by atoms with van der Waals surface area (Å²) in [6.45, 7) is 4.25. The maximum absolute atomic E-state index is 6.81. The monoisotopic (exact) mass is 446 g/mol. The zero-order valence-electron chi connectivity index (χ0n) is 19.3. The van der Waals surface area contributed by atoms with E-state index in [2.05, 4.69) is 120 Å². The second-order valence-corrected chi connectivity index (χ2v) is 9.27. The first-order valence-corrected chi connectivity index (χ1v) is 12.0. The van der Waals surface area contributed by atoms with Gasteiger partial charge in [-0.3, -0.25) is 0 Å². The molecule has 0 aliphatic carbocycles. The minimum Gasteiger partial charge on any atom is -0.348 e. The highest BCUT2D eigenvalue weighted by atomic mass is 16.6. The van der Waals surface area contributed by atoms with Crippen molar-refractivity contribution in [1.29, 1.82) is 0 Å². The fraction of sp³-hybridized carbons (Fsp3) is 0.200. The van der Waals surface area contributed by atoms with E-state index in [1.807, 2.05) is 0 Å². The van der Waals surface area contributed by atoms with Crippen LogP contribution in [0.25, 0.3) is 43.6 Å². The third-order valence-corrected chi connectivity index (χ3v) is 7.25. The van der Waals surface area contributed by atoms with Crippen LogP contribution in [0.1, 0.15) is 26.3 Å². The molecular formula is C30H26N2O2. The van der Waals surface area contributed by atoms with E-state index in [0.29, 0.717) is 0 Å². The highest BCUT2D eigenvalue weighted by Crippen LogP contribution is 2.42. The third kappa shape index (κ3) is 2.73. The predicted molar refractivity (Wildman–Crippen MR) is 138 cm³/mol. The van der Waals surface area contributed by atoms with E-state index < -0.39 is 0 Å². The molecule has 0 bridgehead atoms. The van der Waals surface area contributed by atoms with E-state index in [0.717, 1.165) is 0 Å². The van der Waals surface area contributed by atoms with Crippen molar-refractivity contribution >= 4 is 43.6 Å². The van der Waals surface area contributed by atoms with Crippen LogP contribution in [0.4, 0.5) is 0 Å². The lowest BCUT2D eigenvalue weighted by atomic mass is 10.2. The van der Waals surface area contributed by atoms with Gasteiger partial charge in [-0.15, -0.1) is 0 Å². The van der Waals surface area contributed by atoms with Gasteiger partial charge in [0.2, 0.25) is 0 Å². The SMILES string of the molecule is C[C@@H]1O[C@H](n2c3ccccc3c3ccccc32)[C@@H](C)O[C@H]1n1c2ccccc2c2ccccc21. The van der Waals surface area contributed by atoms with Gasteiger partial charge in [0.05, 0.1) is 22.1 Å². The molecule has 4 atom stereocenters. The molecule has 0 amide bonds. The number of aromatic nitrogens is 2. The molecular weight excluding hydrogens is 420 g/mol. The van der Waals surface area contributed by atoms with Crippen molar-refractivity contribution < 1.29 is 9.47 Å². The van der Waals surface area contributed by atoms with E-state index in [4.69, 9.17) is 9.47 Å².